The number of carbonyl (C=O) groups is 2. The molecular formula is C25H44O9. The Bertz CT molecular complexity index is 634. The maximum Gasteiger partial charge on any atom is 0.378 e. The summed E-state index contributed by atoms with van der Waals surface area (Å²) in [6.45, 7) is 2.53. The molecule has 1 unspecified atom stereocenters. The molecule has 0 aromatic carbocycles. The number of cyclic esters (lactones) is 1. The standard InChI is InChI=1S/C25H44O9/c1-3-5-7-8-9-10-11-12-13-14-16-32-21-23(33-15-6-4-2)25(20(29)18-27,34-24(21)31)22(30)19(28)17-26/h19-20,26-29H,3-18H2,1-2H3/t19?,20-,25-/m0/s1. The summed E-state index contributed by atoms with van der Waals surface area (Å²) in [7, 11) is 0. The van der Waals surface area contributed by atoms with E-state index in [0.29, 0.717) is 12.8 Å². The highest BCUT2D eigenvalue weighted by Gasteiger charge is 2.62. The van der Waals surface area contributed by atoms with Crippen molar-refractivity contribution in [3.8, 4) is 0 Å². The second-order valence-electron chi connectivity index (χ2n) is 8.78. The molecular weight excluding hydrogens is 444 g/mol. The van der Waals surface area contributed by atoms with Crippen molar-refractivity contribution in [1.29, 1.82) is 0 Å². The highest BCUT2D eigenvalue weighted by molar-refractivity contribution is 6.03. The Morgan fingerprint density at radius 2 is 1.35 bits per heavy atom. The van der Waals surface area contributed by atoms with E-state index >= 15 is 0 Å². The maximum absolute atomic E-state index is 12.9. The number of rotatable bonds is 21. The number of unbranched alkanes of at least 4 members (excludes halogenated alkanes) is 10. The smallest absolute Gasteiger partial charge is 0.378 e. The lowest BCUT2D eigenvalue weighted by molar-refractivity contribution is -0.179. The summed E-state index contributed by atoms with van der Waals surface area (Å²) in [5.74, 6) is -2.92. The Morgan fingerprint density at radius 3 is 1.88 bits per heavy atom. The molecule has 9 nitrogen and oxygen atoms in total. The Labute approximate surface area is 203 Å². The van der Waals surface area contributed by atoms with Crippen molar-refractivity contribution in [2.24, 2.45) is 0 Å². The average Bonchev–Trinajstić information content (AvgIpc) is 3.13. The number of ether oxygens (including phenoxy) is 3. The van der Waals surface area contributed by atoms with Gasteiger partial charge in [0, 0.05) is 0 Å². The summed E-state index contributed by atoms with van der Waals surface area (Å²) >= 11 is 0. The van der Waals surface area contributed by atoms with Crippen LogP contribution in [-0.4, -0.2) is 76.4 Å². The zero-order chi connectivity index (χ0) is 25.4. The van der Waals surface area contributed by atoms with Crippen LogP contribution in [0.5, 0.6) is 0 Å². The molecule has 1 rings (SSSR count). The van der Waals surface area contributed by atoms with E-state index in [1.165, 1.54) is 38.5 Å². The van der Waals surface area contributed by atoms with Gasteiger partial charge >= 0.3 is 5.97 Å². The number of hydrogen-bond donors (Lipinski definition) is 4. The van der Waals surface area contributed by atoms with Gasteiger partial charge in [-0.05, 0) is 12.8 Å². The van der Waals surface area contributed by atoms with E-state index in [-0.39, 0.29) is 24.7 Å². The number of hydrogen-bond acceptors (Lipinski definition) is 9. The van der Waals surface area contributed by atoms with Gasteiger partial charge in [-0.3, -0.25) is 4.79 Å². The quantitative estimate of drug-likeness (QED) is 0.142. The van der Waals surface area contributed by atoms with Crippen molar-refractivity contribution < 1.29 is 44.2 Å². The Morgan fingerprint density at radius 1 is 0.824 bits per heavy atom. The SMILES string of the molecule is CCCCCCCCCCCCOC1=C(OCCCC)[C@@](C(=O)C(O)CO)([C@@H](O)CO)OC1=O. The van der Waals surface area contributed by atoms with Gasteiger partial charge in [-0.25, -0.2) is 4.79 Å². The molecule has 1 heterocycles. The highest BCUT2D eigenvalue weighted by Crippen LogP contribution is 2.39. The topological polar surface area (TPSA) is 143 Å². The summed E-state index contributed by atoms with van der Waals surface area (Å²) in [6, 6.07) is 0. The number of ketones is 1. The van der Waals surface area contributed by atoms with E-state index in [2.05, 4.69) is 6.92 Å². The third-order valence-corrected chi connectivity index (χ3v) is 5.96. The molecule has 34 heavy (non-hydrogen) atoms. The molecule has 0 radical (unpaired) electrons. The second-order valence-corrected chi connectivity index (χ2v) is 8.78. The molecule has 0 aromatic rings. The van der Waals surface area contributed by atoms with Crippen molar-refractivity contribution >= 4 is 11.8 Å². The molecule has 9 heteroatoms. The van der Waals surface area contributed by atoms with Gasteiger partial charge in [-0.15, -0.1) is 0 Å². The van der Waals surface area contributed by atoms with E-state index in [4.69, 9.17) is 14.2 Å². The normalized spacial score (nSPS) is 19.8. The van der Waals surface area contributed by atoms with E-state index in [1.807, 2.05) is 6.92 Å². The number of Topliss-reactive ketones (excluding diaryl/α,β-unsaturated/α-hetero) is 1. The van der Waals surface area contributed by atoms with Crippen LogP contribution in [0.3, 0.4) is 0 Å². The van der Waals surface area contributed by atoms with E-state index in [0.717, 1.165) is 25.7 Å². The van der Waals surface area contributed by atoms with Crippen LogP contribution in [-0.2, 0) is 23.8 Å². The van der Waals surface area contributed by atoms with Gasteiger partial charge in [0.05, 0.1) is 26.4 Å². The molecule has 1 aliphatic heterocycles. The molecule has 0 saturated carbocycles. The molecule has 0 saturated heterocycles. The molecule has 4 N–H and O–H groups in total. The second kappa shape index (κ2) is 16.9. The third kappa shape index (κ3) is 8.52. The minimum atomic E-state index is -2.48. The minimum absolute atomic E-state index is 0.107. The van der Waals surface area contributed by atoms with Crippen LogP contribution in [0.15, 0.2) is 11.5 Å². The number of aliphatic hydroxyl groups is 4. The van der Waals surface area contributed by atoms with Gasteiger partial charge < -0.3 is 34.6 Å². The summed E-state index contributed by atoms with van der Waals surface area (Å²) in [5, 5.41) is 39.2. The first-order valence-corrected chi connectivity index (χ1v) is 12.8. The van der Waals surface area contributed by atoms with Crippen molar-refractivity contribution in [2.45, 2.75) is 109 Å². The first kappa shape index (κ1) is 30.4. The van der Waals surface area contributed by atoms with Crippen LogP contribution in [0.25, 0.3) is 0 Å². The van der Waals surface area contributed by atoms with Crippen LogP contribution >= 0.6 is 0 Å². The van der Waals surface area contributed by atoms with Crippen LogP contribution in [0, 0.1) is 0 Å². The summed E-state index contributed by atoms with van der Waals surface area (Å²) in [4.78, 5) is 25.5. The number of carbonyl (C=O) groups excluding carboxylic acids is 2. The van der Waals surface area contributed by atoms with Crippen molar-refractivity contribution in [3.05, 3.63) is 11.5 Å². The van der Waals surface area contributed by atoms with Gasteiger partial charge in [0.2, 0.25) is 17.3 Å². The molecule has 0 aromatic heterocycles. The molecule has 0 bridgehead atoms. The van der Waals surface area contributed by atoms with Gasteiger partial charge in [0.25, 0.3) is 5.60 Å². The molecule has 0 fully saturated rings. The molecule has 3 atom stereocenters. The number of esters is 1. The molecule has 0 spiro atoms. The van der Waals surface area contributed by atoms with Gasteiger partial charge in [0.15, 0.2) is 0 Å². The monoisotopic (exact) mass is 488 g/mol. The predicted molar refractivity (Wildman–Crippen MR) is 126 cm³/mol. The van der Waals surface area contributed by atoms with Crippen LogP contribution in [0.1, 0.15) is 90.9 Å². The fourth-order valence-electron chi connectivity index (χ4n) is 3.88. The summed E-state index contributed by atoms with van der Waals surface area (Å²) in [5.41, 5.74) is -2.48. The molecule has 1 aliphatic rings. The van der Waals surface area contributed by atoms with E-state index in [1.54, 1.807) is 0 Å². The van der Waals surface area contributed by atoms with Crippen molar-refractivity contribution in [3.63, 3.8) is 0 Å². The lowest BCUT2D eigenvalue weighted by atomic mass is 9.87. The molecule has 198 valence electrons. The fourth-order valence-corrected chi connectivity index (χ4v) is 3.88. The minimum Gasteiger partial charge on any atom is -0.489 e. The van der Waals surface area contributed by atoms with Crippen LogP contribution < -0.4 is 0 Å². The van der Waals surface area contributed by atoms with Crippen molar-refractivity contribution in [2.75, 3.05) is 26.4 Å². The Balaban J connectivity index is 2.80. The van der Waals surface area contributed by atoms with Gasteiger partial charge in [0.1, 0.15) is 12.2 Å². The average molecular weight is 489 g/mol. The molecule has 0 aliphatic carbocycles. The zero-order valence-electron chi connectivity index (χ0n) is 20.8. The van der Waals surface area contributed by atoms with Crippen LogP contribution in [0.4, 0.5) is 0 Å². The maximum atomic E-state index is 12.9. The van der Waals surface area contributed by atoms with Crippen LogP contribution in [0.2, 0.25) is 0 Å². The first-order chi connectivity index (χ1) is 16.4. The van der Waals surface area contributed by atoms with E-state index < -0.39 is 42.8 Å². The largest absolute Gasteiger partial charge is 0.489 e. The van der Waals surface area contributed by atoms with E-state index in [9.17, 15) is 30.0 Å². The van der Waals surface area contributed by atoms with Crippen molar-refractivity contribution in [1.82, 2.24) is 0 Å². The zero-order valence-corrected chi connectivity index (χ0v) is 20.8. The lowest BCUT2D eigenvalue weighted by Crippen LogP contribution is -2.58. The first-order valence-electron chi connectivity index (χ1n) is 12.8. The summed E-state index contributed by atoms with van der Waals surface area (Å²) < 4.78 is 16.5. The van der Waals surface area contributed by atoms with Gasteiger partial charge in [-0.1, -0.05) is 78.1 Å². The number of aliphatic hydroxyl groups excluding tert-OH is 4. The summed E-state index contributed by atoms with van der Waals surface area (Å²) in [6.07, 6.45) is 8.84. The lowest BCUT2D eigenvalue weighted by Gasteiger charge is -2.33. The Kier molecular flexibility index (Phi) is 15.1. The fraction of sp³-hybridized carbons (Fsp3) is 0.840. The molecule has 0 amide bonds. The third-order valence-electron chi connectivity index (χ3n) is 5.96. The van der Waals surface area contributed by atoms with Gasteiger partial charge in [-0.2, -0.15) is 0 Å². The predicted octanol–water partition coefficient (Wildman–Crippen LogP) is 2.52. The highest BCUT2D eigenvalue weighted by atomic mass is 16.6. The Hall–Kier alpha value is -1.68.